The van der Waals surface area contributed by atoms with Gasteiger partial charge in [0.2, 0.25) is 0 Å². The maximum atomic E-state index is 10.4. The second-order valence-electron chi connectivity index (χ2n) is 7.47. The SMILES string of the molecule is CN=CC(=CN)c1ccc(N)c(C(=N)c2cc(N3CCCC(C)(O)C3)ncn2)c1. The number of aliphatic imine (C=N–C) groups is 1. The molecule has 1 aliphatic heterocycles. The van der Waals surface area contributed by atoms with Gasteiger partial charge in [-0.05, 0) is 37.5 Å². The van der Waals surface area contributed by atoms with Crippen molar-refractivity contribution in [2.24, 2.45) is 10.7 Å². The minimum atomic E-state index is -0.749. The Hall–Kier alpha value is -3.26. The van der Waals surface area contributed by atoms with Gasteiger partial charge in [0, 0.05) is 55.4 Å². The molecule has 8 nitrogen and oxygen atoms in total. The van der Waals surface area contributed by atoms with Gasteiger partial charge in [-0.2, -0.15) is 0 Å². The van der Waals surface area contributed by atoms with Crippen LogP contribution >= 0.6 is 0 Å². The van der Waals surface area contributed by atoms with E-state index in [1.807, 2.05) is 24.0 Å². The molecule has 0 amide bonds. The van der Waals surface area contributed by atoms with Gasteiger partial charge in [-0.3, -0.25) is 10.4 Å². The summed E-state index contributed by atoms with van der Waals surface area (Å²) >= 11 is 0. The third kappa shape index (κ3) is 4.60. The van der Waals surface area contributed by atoms with Gasteiger partial charge in [-0.25, -0.2) is 9.97 Å². The van der Waals surface area contributed by atoms with Crippen LogP contribution in [0.3, 0.4) is 0 Å². The first-order chi connectivity index (χ1) is 13.8. The second kappa shape index (κ2) is 8.40. The first kappa shape index (κ1) is 20.5. The average molecular weight is 393 g/mol. The number of aliphatic hydroxyl groups is 1. The molecule has 0 aliphatic carbocycles. The molecule has 1 fully saturated rings. The van der Waals surface area contributed by atoms with E-state index in [0.717, 1.165) is 30.5 Å². The van der Waals surface area contributed by atoms with Crippen LogP contribution in [0.25, 0.3) is 5.57 Å². The third-order valence-electron chi connectivity index (χ3n) is 5.01. The molecule has 8 heteroatoms. The van der Waals surface area contributed by atoms with E-state index in [9.17, 15) is 5.11 Å². The highest BCUT2D eigenvalue weighted by atomic mass is 16.3. The Morgan fingerprint density at radius 3 is 2.83 bits per heavy atom. The van der Waals surface area contributed by atoms with Crippen LogP contribution in [0.1, 0.15) is 36.6 Å². The molecule has 6 N–H and O–H groups in total. The lowest BCUT2D eigenvalue weighted by Gasteiger charge is -2.37. The number of allylic oxidation sites excluding steroid dienone is 1. The molecule has 1 saturated heterocycles. The number of rotatable bonds is 5. The second-order valence-corrected chi connectivity index (χ2v) is 7.47. The van der Waals surface area contributed by atoms with Gasteiger partial charge in [0.25, 0.3) is 0 Å². The van der Waals surface area contributed by atoms with E-state index >= 15 is 0 Å². The standard InChI is InChI=1S/C21H27N7O/c1-21(29)6-3-7-28(12-21)19-9-18(26-13-27-19)20(24)16-8-14(4-5-17(16)23)15(10-22)11-25-2/h4-5,8-11,13,24,29H,3,6-7,12,22-23H2,1-2H3. The molecule has 152 valence electrons. The van der Waals surface area contributed by atoms with E-state index in [1.54, 1.807) is 25.4 Å². The quantitative estimate of drug-likeness (QED) is 0.452. The molecule has 1 aliphatic rings. The number of β-amino-alcohol motifs (C(OH)–C–C–N with tert-alkyl or cyclic N) is 1. The molecule has 2 heterocycles. The fourth-order valence-corrected chi connectivity index (χ4v) is 3.52. The summed E-state index contributed by atoms with van der Waals surface area (Å²) in [7, 11) is 1.67. The fraction of sp³-hybridized carbons (Fsp3) is 0.333. The number of nitrogens with zero attached hydrogens (tertiary/aromatic N) is 4. The van der Waals surface area contributed by atoms with E-state index in [2.05, 4.69) is 15.0 Å². The van der Waals surface area contributed by atoms with E-state index in [1.165, 1.54) is 12.5 Å². The first-order valence-electron chi connectivity index (χ1n) is 9.47. The summed E-state index contributed by atoms with van der Waals surface area (Å²) in [6, 6.07) is 7.17. The number of hydrogen-bond donors (Lipinski definition) is 4. The zero-order chi connectivity index (χ0) is 21.0. The molecule has 1 unspecified atom stereocenters. The lowest BCUT2D eigenvalue weighted by Crippen LogP contribution is -2.46. The highest BCUT2D eigenvalue weighted by Crippen LogP contribution is 2.26. The monoisotopic (exact) mass is 393 g/mol. The summed E-state index contributed by atoms with van der Waals surface area (Å²) in [4.78, 5) is 14.6. The van der Waals surface area contributed by atoms with Crippen molar-refractivity contribution in [3.63, 3.8) is 0 Å². The summed E-state index contributed by atoms with van der Waals surface area (Å²) in [5.74, 6) is 0.690. The van der Waals surface area contributed by atoms with Crippen molar-refractivity contribution < 1.29 is 5.11 Å². The van der Waals surface area contributed by atoms with Crippen molar-refractivity contribution in [3.8, 4) is 0 Å². The summed E-state index contributed by atoms with van der Waals surface area (Å²) in [5, 5.41) is 19.1. The van der Waals surface area contributed by atoms with Gasteiger partial charge in [-0.15, -0.1) is 0 Å². The number of nitrogens with two attached hydrogens (primary N) is 2. The van der Waals surface area contributed by atoms with Crippen molar-refractivity contribution in [1.82, 2.24) is 9.97 Å². The molecule has 0 bridgehead atoms. The number of benzene rings is 1. The van der Waals surface area contributed by atoms with Crippen LogP contribution in [0, 0.1) is 5.41 Å². The number of aromatic nitrogens is 2. The number of nitrogen functional groups attached to an aromatic ring is 1. The largest absolute Gasteiger partial charge is 0.404 e. The molecule has 3 rings (SSSR count). The smallest absolute Gasteiger partial charge is 0.132 e. The normalized spacial score (nSPS) is 20.2. The molecule has 1 aromatic carbocycles. The minimum Gasteiger partial charge on any atom is -0.404 e. The van der Waals surface area contributed by atoms with Crippen LogP contribution in [0.2, 0.25) is 0 Å². The predicted molar refractivity (Wildman–Crippen MR) is 117 cm³/mol. The molecule has 2 aromatic rings. The van der Waals surface area contributed by atoms with Crippen LogP contribution < -0.4 is 16.4 Å². The number of hydrogen-bond acceptors (Lipinski definition) is 8. The van der Waals surface area contributed by atoms with Gasteiger partial charge in [-0.1, -0.05) is 6.07 Å². The van der Waals surface area contributed by atoms with Crippen LogP contribution in [-0.4, -0.2) is 52.7 Å². The highest BCUT2D eigenvalue weighted by molar-refractivity contribution is 6.15. The molecule has 1 aromatic heterocycles. The van der Waals surface area contributed by atoms with E-state index in [4.69, 9.17) is 16.9 Å². The maximum absolute atomic E-state index is 10.4. The third-order valence-corrected chi connectivity index (χ3v) is 5.01. The molecular formula is C21H27N7O. The maximum Gasteiger partial charge on any atom is 0.132 e. The Balaban J connectivity index is 1.93. The number of anilines is 2. The van der Waals surface area contributed by atoms with Gasteiger partial charge in [0.05, 0.1) is 17.0 Å². The molecule has 0 saturated carbocycles. The Morgan fingerprint density at radius 1 is 1.34 bits per heavy atom. The molecule has 0 spiro atoms. The Labute approximate surface area is 170 Å². The van der Waals surface area contributed by atoms with Crippen molar-refractivity contribution in [3.05, 3.63) is 53.6 Å². The minimum absolute atomic E-state index is 0.196. The average Bonchev–Trinajstić information content (AvgIpc) is 2.71. The highest BCUT2D eigenvalue weighted by Gasteiger charge is 2.29. The van der Waals surface area contributed by atoms with Crippen molar-refractivity contribution in [2.45, 2.75) is 25.4 Å². The topological polar surface area (TPSA) is 138 Å². The first-order valence-corrected chi connectivity index (χ1v) is 9.47. The van der Waals surface area contributed by atoms with E-state index in [-0.39, 0.29) is 5.71 Å². The van der Waals surface area contributed by atoms with Crippen molar-refractivity contribution in [2.75, 3.05) is 30.8 Å². The predicted octanol–water partition coefficient (Wildman–Crippen LogP) is 1.83. The molecule has 0 radical (unpaired) electrons. The zero-order valence-electron chi connectivity index (χ0n) is 16.8. The molecule has 29 heavy (non-hydrogen) atoms. The van der Waals surface area contributed by atoms with E-state index < -0.39 is 5.60 Å². The fourth-order valence-electron chi connectivity index (χ4n) is 3.52. The number of piperidine rings is 1. The van der Waals surface area contributed by atoms with Crippen LogP contribution in [0.5, 0.6) is 0 Å². The summed E-state index contributed by atoms with van der Waals surface area (Å²) < 4.78 is 0. The van der Waals surface area contributed by atoms with Gasteiger partial charge >= 0.3 is 0 Å². The Morgan fingerprint density at radius 2 is 2.14 bits per heavy atom. The molecule has 1 atom stereocenters. The number of nitrogens with one attached hydrogen (secondary N) is 1. The van der Waals surface area contributed by atoms with Gasteiger partial charge in [0.1, 0.15) is 12.1 Å². The van der Waals surface area contributed by atoms with Gasteiger partial charge in [0.15, 0.2) is 0 Å². The van der Waals surface area contributed by atoms with Crippen LogP contribution in [-0.2, 0) is 0 Å². The Kier molecular flexibility index (Phi) is 5.93. The summed E-state index contributed by atoms with van der Waals surface area (Å²) in [5.41, 5.74) is 14.3. The lowest BCUT2D eigenvalue weighted by molar-refractivity contribution is 0.0447. The van der Waals surface area contributed by atoms with Crippen molar-refractivity contribution >= 4 is 29.0 Å². The summed E-state index contributed by atoms with van der Waals surface area (Å²) in [6.07, 6.45) is 6.21. The van der Waals surface area contributed by atoms with E-state index in [0.29, 0.717) is 29.3 Å². The lowest BCUT2D eigenvalue weighted by atomic mass is 9.95. The van der Waals surface area contributed by atoms with Crippen LogP contribution in [0.15, 0.2) is 41.8 Å². The van der Waals surface area contributed by atoms with Crippen molar-refractivity contribution in [1.29, 1.82) is 5.41 Å². The molecular weight excluding hydrogens is 366 g/mol. The zero-order valence-corrected chi connectivity index (χ0v) is 16.8. The van der Waals surface area contributed by atoms with Crippen LogP contribution in [0.4, 0.5) is 11.5 Å². The summed E-state index contributed by atoms with van der Waals surface area (Å²) in [6.45, 7) is 3.13. The van der Waals surface area contributed by atoms with Gasteiger partial charge < -0.3 is 21.5 Å². The Bertz CT molecular complexity index is 965.